The van der Waals surface area contributed by atoms with E-state index in [-0.39, 0.29) is 17.4 Å². The van der Waals surface area contributed by atoms with Gasteiger partial charge < -0.3 is 11.1 Å². The summed E-state index contributed by atoms with van der Waals surface area (Å²) in [4.78, 5) is 15.2. The molecule has 1 aromatic rings. The summed E-state index contributed by atoms with van der Waals surface area (Å²) in [5.74, 6) is -1.43. The van der Waals surface area contributed by atoms with E-state index in [9.17, 15) is 13.4 Å². The molecule has 1 rings (SSSR count). The van der Waals surface area contributed by atoms with Gasteiger partial charge >= 0.3 is 0 Å². The lowest BCUT2D eigenvalue weighted by molar-refractivity contribution is 0.0939. The Morgan fingerprint density at radius 3 is 2.94 bits per heavy atom. The van der Waals surface area contributed by atoms with E-state index in [1.807, 2.05) is 0 Å². The van der Waals surface area contributed by atoms with Crippen molar-refractivity contribution < 1.29 is 13.4 Å². The number of hydrogen-bond acceptors (Lipinski definition) is 4. The molecule has 94 valence electrons. The standard InChI is InChI=1S/C10H14FN3O2S/c1-6(5-17(2)16)14-10(15)7-3-4-13-9(12)8(7)11/h3-4,6H,5H2,1-2H3,(H2,12,13)(H,14,15). The molecule has 1 heterocycles. The molecule has 2 atom stereocenters. The summed E-state index contributed by atoms with van der Waals surface area (Å²) in [5, 5.41) is 2.54. The number of nitrogen functional groups attached to an aromatic ring is 1. The molecule has 0 aliphatic heterocycles. The van der Waals surface area contributed by atoms with Crippen LogP contribution >= 0.6 is 0 Å². The summed E-state index contributed by atoms with van der Waals surface area (Å²) in [6.07, 6.45) is 2.80. The largest absolute Gasteiger partial charge is 0.381 e. The number of halogens is 1. The molecule has 0 aliphatic rings. The second-order valence-electron chi connectivity index (χ2n) is 3.67. The van der Waals surface area contributed by atoms with Gasteiger partial charge in [-0.2, -0.15) is 0 Å². The highest BCUT2D eigenvalue weighted by Crippen LogP contribution is 2.11. The average molecular weight is 259 g/mol. The zero-order valence-corrected chi connectivity index (χ0v) is 10.4. The van der Waals surface area contributed by atoms with Crippen LogP contribution in [0.15, 0.2) is 12.3 Å². The second-order valence-corrected chi connectivity index (χ2v) is 5.15. The van der Waals surface area contributed by atoms with Crippen molar-refractivity contribution >= 4 is 22.5 Å². The van der Waals surface area contributed by atoms with Crippen LogP contribution in [0.2, 0.25) is 0 Å². The number of pyridine rings is 1. The third-order valence-electron chi connectivity index (χ3n) is 2.02. The van der Waals surface area contributed by atoms with Crippen LogP contribution < -0.4 is 11.1 Å². The minimum Gasteiger partial charge on any atom is -0.381 e. The average Bonchev–Trinajstić information content (AvgIpc) is 2.20. The number of nitrogens with one attached hydrogen (secondary N) is 1. The van der Waals surface area contributed by atoms with E-state index < -0.39 is 22.5 Å². The Balaban J connectivity index is 2.77. The highest BCUT2D eigenvalue weighted by atomic mass is 32.2. The van der Waals surface area contributed by atoms with Crippen molar-refractivity contribution in [2.45, 2.75) is 13.0 Å². The molecule has 0 fully saturated rings. The zero-order valence-electron chi connectivity index (χ0n) is 9.57. The lowest BCUT2D eigenvalue weighted by Gasteiger charge is -2.12. The fourth-order valence-electron chi connectivity index (χ4n) is 1.33. The number of aromatic nitrogens is 1. The first-order valence-corrected chi connectivity index (χ1v) is 6.65. The van der Waals surface area contributed by atoms with Crippen LogP contribution in [0.4, 0.5) is 10.2 Å². The Hall–Kier alpha value is -1.50. The van der Waals surface area contributed by atoms with Crippen LogP contribution in [0.1, 0.15) is 17.3 Å². The first-order valence-electron chi connectivity index (χ1n) is 4.92. The lowest BCUT2D eigenvalue weighted by atomic mass is 10.2. The smallest absolute Gasteiger partial charge is 0.254 e. The van der Waals surface area contributed by atoms with Crippen molar-refractivity contribution in [1.82, 2.24) is 10.3 Å². The number of carbonyl (C=O) groups is 1. The second kappa shape index (κ2) is 5.72. The number of rotatable bonds is 4. The van der Waals surface area contributed by atoms with Gasteiger partial charge in [0.2, 0.25) is 0 Å². The van der Waals surface area contributed by atoms with E-state index in [2.05, 4.69) is 10.3 Å². The maximum Gasteiger partial charge on any atom is 0.254 e. The van der Waals surface area contributed by atoms with Gasteiger partial charge in [0.1, 0.15) is 0 Å². The maximum atomic E-state index is 13.5. The first-order chi connectivity index (χ1) is 7.91. The van der Waals surface area contributed by atoms with Gasteiger partial charge in [0.25, 0.3) is 5.91 Å². The normalized spacial score (nSPS) is 14.1. The van der Waals surface area contributed by atoms with E-state index in [1.54, 1.807) is 6.92 Å². The highest BCUT2D eigenvalue weighted by Gasteiger charge is 2.16. The molecular weight excluding hydrogens is 245 g/mol. The SMILES string of the molecule is CC(CS(C)=O)NC(=O)c1ccnc(N)c1F. The predicted molar refractivity (Wildman–Crippen MR) is 64.5 cm³/mol. The molecule has 0 aliphatic carbocycles. The first kappa shape index (κ1) is 13.6. The molecule has 1 amide bonds. The van der Waals surface area contributed by atoms with Crippen LogP contribution in [-0.4, -0.2) is 33.2 Å². The van der Waals surface area contributed by atoms with Crippen LogP contribution in [0.25, 0.3) is 0 Å². The molecule has 5 nitrogen and oxygen atoms in total. The summed E-state index contributed by atoms with van der Waals surface area (Å²) < 4.78 is 24.4. The van der Waals surface area contributed by atoms with Crippen molar-refractivity contribution in [3.8, 4) is 0 Å². The van der Waals surface area contributed by atoms with Gasteiger partial charge in [0.15, 0.2) is 11.6 Å². The monoisotopic (exact) mass is 259 g/mol. The van der Waals surface area contributed by atoms with Crippen molar-refractivity contribution in [2.24, 2.45) is 0 Å². The lowest BCUT2D eigenvalue weighted by Crippen LogP contribution is -2.36. The van der Waals surface area contributed by atoms with Gasteiger partial charge in [-0.15, -0.1) is 0 Å². The van der Waals surface area contributed by atoms with Gasteiger partial charge in [0, 0.05) is 35.0 Å². The Labute approximate surface area is 101 Å². The van der Waals surface area contributed by atoms with Gasteiger partial charge in [-0.25, -0.2) is 9.37 Å². The molecule has 1 aromatic heterocycles. The van der Waals surface area contributed by atoms with Crippen molar-refractivity contribution in [3.63, 3.8) is 0 Å². The summed E-state index contributed by atoms with van der Waals surface area (Å²) in [5.41, 5.74) is 5.09. The molecule has 0 bridgehead atoms. The maximum absolute atomic E-state index is 13.5. The molecule has 17 heavy (non-hydrogen) atoms. The molecule has 0 spiro atoms. The molecule has 0 aromatic carbocycles. The Morgan fingerprint density at radius 1 is 1.71 bits per heavy atom. The summed E-state index contributed by atoms with van der Waals surface area (Å²) >= 11 is 0. The minimum absolute atomic E-state index is 0.161. The fraction of sp³-hybridized carbons (Fsp3) is 0.400. The van der Waals surface area contributed by atoms with Crippen LogP contribution in [-0.2, 0) is 10.8 Å². The molecule has 0 radical (unpaired) electrons. The third kappa shape index (κ3) is 3.77. The molecule has 0 saturated carbocycles. The van der Waals surface area contributed by atoms with Gasteiger partial charge in [-0.1, -0.05) is 0 Å². The van der Waals surface area contributed by atoms with Crippen LogP contribution in [0, 0.1) is 5.82 Å². The van der Waals surface area contributed by atoms with E-state index in [1.165, 1.54) is 18.5 Å². The van der Waals surface area contributed by atoms with E-state index in [0.29, 0.717) is 5.75 Å². The Bertz CT molecular complexity index is 453. The van der Waals surface area contributed by atoms with Gasteiger partial charge in [0.05, 0.1) is 5.56 Å². The van der Waals surface area contributed by atoms with E-state index in [4.69, 9.17) is 5.73 Å². The number of nitrogens with zero attached hydrogens (tertiary/aromatic N) is 1. The van der Waals surface area contributed by atoms with Crippen molar-refractivity contribution in [3.05, 3.63) is 23.6 Å². The molecule has 7 heteroatoms. The van der Waals surface area contributed by atoms with Crippen molar-refractivity contribution in [2.75, 3.05) is 17.7 Å². The van der Waals surface area contributed by atoms with Crippen molar-refractivity contribution in [1.29, 1.82) is 0 Å². The van der Waals surface area contributed by atoms with E-state index >= 15 is 0 Å². The Kier molecular flexibility index (Phi) is 4.56. The topological polar surface area (TPSA) is 85.1 Å². The molecule has 0 saturated heterocycles. The molecule has 3 N–H and O–H groups in total. The molecular formula is C10H14FN3O2S. The summed E-state index contributed by atoms with van der Waals surface area (Å²) in [7, 11) is -1.02. The third-order valence-corrected chi connectivity index (χ3v) is 2.99. The van der Waals surface area contributed by atoms with E-state index in [0.717, 1.165) is 0 Å². The van der Waals surface area contributed by atoms with Gasteiger partial charge in [-0.3, -0.25) is 9.00 Å². The fourth-order valence-corrected chi connectivity index (χ4v) is 2.12. The minimum atomic E-state index is -1.02. The number of carbonyl (C=O) groups excluding carboxylic acids is 1. The van der Waals surface area contributed by atoms with Gasteiger partial charge in [-0.05, 0) is 13.0 Å². The summed E-state index contributed by atoms with van der Waals surface area (Å²) in [6, 6.07) is 0.943. The zero-order chi connectivity index (χ0) is 13.0. The van der Waals surface area contributed by atoms with Crippen LogP contribution in [0.5, 0.6) is 0 Å². The number of nitrogens with two attached hydrogens (primary N) is 1. The Morgan fingerprint density at radius 2 is 2.35 bits per heavy atom. The quantitative estimate of drug-likeness (QED) is 0.814. The molecule has 2 unspecified atom stereocenters. The number of anilines is 1. The highest BCUT2D eigenvalue weighted by molar-refractivity contribution is 7.84. The summed E-state index contributed by atoms with van der Waals surface area (Å²) in [6.45, 7) is 1.70. The van der Waals surface area contributed by atoms with Crippen LogP contribution in [0.3, 0.4) is 0 Å². The predicted octanol–water partition coefficient (Wildman–Crippen LogP) is 0.300. The number of hydrogen-bond donors (Lipinski definition) is 2. The number of amides is 1.